The highest BCUT2D eigenvalue weighted by molar-refractivity contribution is 5.92. The highest BCUT2D eigenvalue weighted by Gasteiger charge is 2.36. The van der Waals surface area contributed by atoms with Crippen LogP contribution in [0.3, 0.4) is 0 Å². The number of amides is 4. The van der Waals surface area contributed by atoms with E-state index in [1.165, 1.54) is 0 Å². The molecule has 0 saturated heterocycles. The Labute approximate surface area is 212 Å². The second-order valence-corrected chi connectivity index (χ2v) is 9.24. The molecule has 0 heterocycles. The average Bonchev–Trinajstić information content (AvgIpc) is 2.80. The van der Waals surface area contributed by atoms with Crippen LogP contribution >= 0.6 is 0 Å². The number of unbranched alkanes of at least 4 members (excludes halogenated alkanes) is 1. The van der Waals surface area contributed by atoms with Gasteiger partial charge in [0.25, 0.3) is 0 Å². The summed E-state index contributed by atoms with van der Waals surface area (Å²) < 4.78 is 5.27. The van der Waals surface area contributed by atoms with Gasteiger partial charge >= 0.3 is 6.09 Å². The Bertz CT molecular complexity index is 950. The van der Waals surface area contributed by atoms with Gasteiger partial charge in [0.2, 0.25) is 17.7 Å². The maximum Gasteiger partial charge on any atom is 0.408 e. The number of carbonyl (C=O) groups excluding carboxylic acids is 4. The van der Waals surface area contributed by atoms with Crippen molar-refractivity contribution in [2.24, 2.45) is 5.73 Å². The molecule has 2 atom stereocenters. The van der Waals surface area contributed by atoms with Crippen molar-refractivity contribution >= 4 is 23.8 Å². The molecule has 10 nitrogen and oxygen atoms in total. The molecule has 0 aromatic heterocycles. The molecule has 4 amide bonds. The fraction of sp³-hybridized carbons (Fsp3) is 0.538. The Morgan fingerprint density at radius 3 is 2.44 bits per heavy atom. The number of benzene rings is 1. The molecular weight excluding hydrogens is 464 g/mol. The van der Waals surface area contributed by atoms with Crippen LogP contribution in [-0.4, -0.2) is 65.2 Å². The lowest BCUT2D eigenvalue weighted by molar-refractivity contribution is -0.143. The summed E-state index contributed by atoms with van der Waals surface area (Å²) in [7, 11) is 0. The first kappa shape index (κ1) is 30.5. The zero-order valence-electron chi connectivity index (χ0n) is 21.5. The summed E-state index contributed by atoms with van der Waals surface area (Å²) in [5, 5.41) is 15.1. The number of hydrogen-bond acceptors (Lipinski definition) is 6. The van der Waals surface area contributed by atoms with E-state index in [2.05, 4.69) is 16.6 Å². The number of terminal acetylenes is 1. The molecule has 198 valence electrons. The number of hydrogen-bond donors (Lipinski definition) is 4. The van der Waals surface area contributed by atoms with Crippen LogP contribution in [0.2, 0.25) is 0 Å². The van der Waals surface area contributed by atoms with Gasteiger partial charge in [0.1, 0.15) is 17.7 Å². The van der Waals surface area contributed by atoms with Gasteiger partial charge in [-0.3, -0.25) is 14.4 Å². The minimum Gasteiger partial charge on any atom is -0.444 e. The first-order valence-corrected chi connectivity index (χ1v) is 12.0. The summed E-state index contributed by atoms with van der Waals surface area (Å²) in [6.45, 7) is 6.66. The number of rotatable bonds is 13. The predicted molar refractivity (Wildman–Crippen MR) is 135 cm³/mol. The standard InChI is InChI=1S/C26H38N4O6/c1-6-8-15-28-23(33)22(19-12-10-9-11-18(19)7-2)30(16-17-31)24(34)20(13-14-21(27)32)29-25(35)36-26(3,4)5/h2,9-12,20,22,31H,6,8,13-17H2,1,3-5H3,(H2,27,32)(H,28,33)(H,29,35). The third-order valence-electron chi connectivity index (χ3n) is 5.09. The third-order valence-corrected chi connectivity index (χ3v) is 5.09. The monoisotopic (exact) mass is 502 g/mol. The van der Waals surface area contributed by atoms with Gasteiger partial charge in [0.15, 0.2) is 0 Å². The molecule has 0 saturated carbocycles. The van der Waals surface area contributed by atoms with Gasteiger partial charge in [-0.1, -0.05) is 37.5 Å². The van der Waals surface area contributed by atoms with Crippen LogP contribution < -0.4 is 16.4 Å². The normalized spacial score (nSPS) is 12.6. The number of nitrogens with one attached hydrogen (secondary N) is 2. The summed E-state index contributed by atoms with van der Waals surface area (Å²) in [6.07, 6.45) is 6.04. The largest absolute Gasteiger partial charge is 0.444 e. The van der Waals surface area contributed by atoms with E-state index in [4.69, 9.17) is 16.9 Å². The Balaban J connectivity index is 3.47. The van der Waals surface area contributed by atoms with E-state index in [0.717, 1.165) is 17.7 Å². The van der Waals surface area contributed by atoms with E-state index in [9.17, 15) is 24.3 Å². The van der Waals surface area contributed by atoms with Crippen LogP contribution in [-0.2, 0) is 19.1 Å². The Morgan fingerprint density at radius 1 is 1.22 bits per heavy atom. The van der Waals surface area contributed by atoms with Gasteiger partial charge in [0.05, 0.1) is 6.61 Å². The Hall–Kier alpha value is -3.58. The van der Waals surface area contributed by atoms with Crippen LogP contribution in [0, 0.1) is 12.3 Å². The smallest absolute Gasteiger partial charge is 0.408 e. The molecular formula is C26H38N4O6. The second-order valence-electron chi connectivity index (χ2n) is 9.24. The molecule has 1 aromatic carbocycles. The van der Waals surface area contributed by atoms with E-state index >= 15 is 0 Å². The van der Waals surface area contributed by atoms with E-state index in [0.29, 0.717) is 17.7 Å². The minimum absolute atomic E-state index is 0.129. The molecule has 36 heavy (non-hydrogen) atoms. The number of ether oxygens (including phenoxy) is 1. The van der Waals surface area contributed by atoms with Crippen LogP contribution in [0.1, 0.15) is 70.5 Å². The fourth-order valence-electron chi connectivity index (χ4n) is 3.47. The van der Waals surface area contributed by atoms with Crippen LogP contribution in [0.5, 0.6) is 0 Å². The molecule has 0 radical (unpaired) electrons. The number of carbonyl (C=O) groups is 4. The lowest BCUT2D eigenvalue weighted by Gasteiger charge is -2.34. The molecule has 0 fully saturated rings. The van der Waals surface area contributed by atoms with Crippen molar-refractivity contribution in [3.8, 4) is 12.3 Å². The molecule has 0 aliphatic heterocycles. The minimum atomic E-state index is -1.25. The van der Waals surface area contributed by atoms with Crippen molar-refractivity contribution in [2.75, 3.05) is 19.7 Å². The van der Waals surface area contributed by atoms with Gasteiger partial charge in [-0.2, -0.15) is 0 Å². The zero-order valence-corrected chi connectivity index (χ0v) is 21.5. The molecule has 0 aliphatic carbocycles. The fourth-order valence-corrected chi connectivity index (χ4v) is 3.47. The van der Waals surface area contributed by atoms with Crippen molar-refractivity contribution in [2.45, 2.75) is 71.1 Å². The number of aliphatic hydroxyl groups is 1. The topological polar surface area (TPSA) is 151 Å². The van der Waals surface area contributed by atoms with E-state index in [1.807, 2.05) is 6.92 Å². The lowest BCUT2D eigenvalue weighted by atomic mass is 9.97. The van der Waals surface area contributed by atoms with Gasteiger partial charge in [-0.25, -0.2) is 4.79 Å². The maximum absolute atomic E-state index is 13.8. The highest BCUT2D eigenvalue weighted by atomic mass is 16.6. The number of alkyl carbamates (subject to hydrolysis) is 1. The molecule has 1 aromatic rings. The van der Waals surface area contributed by atoms with E-state index in [1.54, 1.807) is 45.0 Å². The second kappa shape index (κ2) is 14.7. The summed E-state index contributed by atoms with van der Waals surface area (Å²) in [5.74, 6) is 0.680. The highest BCUT2D eigenvalue weighted by Crippen LogP contribution is 2.26. The summed E-state index contributed by atoms with van der Waals surface area (Å²) in [4.78, 5) is 52.2. The number of nitrogens with zero attached hydrogens (tertiary/aromatic N) is 1. The van der Waals surface area contributed by atoms with E-state index < -0.39 is 48.1 Å². The number of nitrogens with two attached hydrogens (primary N) is 1. The molecule has 0 aliphatic rings. The van der Waals surface area contributed by atoms with Gasteiger partial charge in [0, 0.05) is 25.1 Å². The summed E-state index contributed by atoms with van der Waals surface area (Å²) >= 11 is 0. The third kappa shape index (κ3) is 9.96. The van der Waals surface area contributed by atoms with Crippen molar-refractivity contribution in [1.29, 1.82) is 0 Å². The molecule has 5 N–H and O–H groups in total. The van der Waals surface area contributed by atoms with E-state index in [-0.39, 0.29) is 19.4 Å². The lowest BCUT2D eigenvalue weighted by Crippen LogP contribution is -2.54. The number of primary amides is 1. The summed E-state index contributed by atoms with van der Waals surface area (Å²) in [5.41, 5.74) is 5.24. The van der Waals surface area contributed by atoms with Gasteiger partial charge in [-0.05, 0) is 45.2 Å². The Kier molecular flexibility index (Phi) is 12.5. The van der Waals surface area contributed by atoms with Crippen molar-refractivity contribution in [1.82, 2.24) is 15.5 Å². The average molecular weight is 503 g/mol. The maximum atomic E-state index is 13.8. The predicted octanol–water partition coefficient (Wildman–Crippen LogP) is 1.61. The SMILES string of the molecule is C#Cc1ccccc1C(C(=O)NCCCC)N(CCO)C(=O)C(CCC(N)=O)NC(=O)OC(C)(C)C. The van der Waals surface area contributed by atoms with Crippen molar-refractivity contribution < 1.29 is 29.0 Å². The van der Waals surface area contributed by atoms with Crippen LogP contribution in [0.25, 0.3) is 0 Å². The van der Waals surface area contributed by atoms with Crippen molar-refractivity contribution in [3.05, 3.63) is 35.4 Å². The molecule has 10 heteroatoms. The van der Waals surface area contributed by atoms with Gasteiger partial charge in [-0.15, -0.1) is 6.42 Å². The van der Waals surface area contributed by atoms with Gasteiger partial charge < -0.3 is 31.1 Å². The van der Waals surface area contributed by atoms with Crippen LogP contribution in [0.15, 0.2) is 24.3 Å². The Morgan fingerprint density at radius 2 is 1.89 bits per heavy atom. The van der Waals surface area contributed by atoms with Crippen LogP contribution in [0.4, 0.5) is 4.79 Å². The first-order chi connectivity index (χ1) is 16.9. The molecule has 2 unspecified atom stereocenters. The quantitative estimate of drug-likeness (QED) is 0.238. The summed E-state index contributed by atoms with van der Waals surface area (Å²) in [6, 6.07) is 4.24. The molecule has 1 rings (SSSR count). The molecule has 0 bridgehead atoms. The number of aliphatic hydroxyl groups excluding tert-OH is 1. The molecule has 0 spiro atoms. The zero-order chi connectivity index (χ0) is 27.3. The first-order valence-electron chi connectivity index (χ1n) is 12.0. The van der Waals surface area contributed by atoms with Crippen molar-refractivity contribution in [3.63, 3.8) is 0 Å².